The van der Waals surface area contributed by atoms with Crippen LogP contribution in [0.5, 0.6) is 0 Å². The van der Waals surface area contributed by atoms with Gasteiger partial charge >= 0.3 is 0 Å². The molecule has 0 bridgehead atoms. The number of rotatable bonds is 6. The van der Waals surface area contributed by atoms with E-state index in [0.717, 1.165) is 29.5 Å². The minimum absolute atomic E-state index is 0.0337. The molecule has 0 aliphatic heterocycles. The van der Waals surface area contributed by atoms with Gasteiger partial charge in [0.05, 0.1) is 6.61 Å². The lowest BCUT2D eigenvalue weighted by atomic mass is 10.1. The van der Waals surface area contributed by atoms with Gasteiger partial charge in [-0.15, -0.1) is 0 Å². The molecule has 23 heavy (non-hydrogen) atoms. The second kappa shape index (κ2) is 6.92. The van der Waals surface area contributed by atoms with Crippen LogP contribution in [0.15, 0.2) is 48.5 Å². The molecular weight excluding hydrogens is 293 g/mol. The van der Waals surface area contributed by atoms with Crippen molar-refractivity contribution in [2.75, 3.05) is 6.54 Å². The van der Waals surface area contributed by atoms with E-state index < -0.39 is 0 Å². The van der Waals surface area contributed by atoms with Crippen LogP contribution in [-0.4, -0.2) is 17.6 Å². The molecule has 1 fully saturated rings. The highest BCUT2D eigenvalue weighted by molar-refractivity contribution is 5.82. The third-order valence-corrected chi connectivity index (χ3v) is 4.32. The first-order chi connectivity index (χ1) is 11.2. The van der Waals surface area contributed by atoms with E-state index >= 15 is 0 Å². The van der Waals surface area contributed by atoms with E-state index in [0.29, 0.717) is 6.54 Å². The zero-order valence-electron chi connectivity index (χ0n) is 12.8. The summed E-state index contributed by atoms with van der Waals surface area (Å²) in [6.45, 7) is 0.629. The van der Waals surface area contributed by atoms with Crippen molar-refractivity contribution in [1.82, 2.24) is 5.32 Å². The maximum Gasteiger partial charge on any atom is 0.223 e. The molecule has 120 valence electrons. The maximum atomic E-state index is 13.2. The van der Waals surface area contributed by atoms with Crippen LogP contribution in [0, 0.1) is 11.7 Å². The summed E-state index contributed by atoms with van der Waals surface area (Å²) in [6.07, 6.45) is 1.55. The lowest BCUT2D eigenvalue weighted by Crippen LogP contribution is -2.27. The van der Waals surface area contributed by atoms with E-state index in [1.165, 1.54) is 12.1 Å². The second-order valence-corrected chi connectivity index (χ2v) is 6.02. The zero-order valence-corrected chi connectivity index (χ0v) is 12.8. The number of aliphatic hydroxyl groups excluding tert-OH is 1. The van der Waals surface area contributed by atoms with Gasteiger partial charge in [-0.3, -0.25) is 4.79 Å². The number of hydrogen-bond donors (Lipinski definition) is 2. The molecule has 3 rings (SSSR count). The van der Waals surface area contributed by atoms with Crippen LogP contribution in [0.1, 0.15) is 29.0 Å². The summed E-state index contributed by atoms with van der Waals surface area (Å²) in [6, 6.07) is 14.2. The largest absolute Gasteiger partial charge is 0.392 e. The van der Waals surface area contributed by atoms with Crippen LogP contribution in [0.25, 0.3) is 0 Å². The summed E-state index contributed by atoms with van der Waals surface area (Å²) in [5.41, 5.74) is 2.92. The van der Waals surface area contributed by atoms with Crippen molar-refractivity contribution in [2.45, 2.75) is 25.4 Å². The number of halogens is 1. The van der Waals surface area contributed by atoms with Gasteiger partial charge in [0, 0.05) is 12.5 Å². The molecule has 1 aliphatic rings. The smallest absolute Gasteiger partial charge is 0.223 e. The van der Waals surface area contributed by atoms with Crippen molar-refractivity contribution in [3.05, 3.63) is 71.0 Å². The Morgan fingerprint density at radius 2 is 1.91 bits per heavy atom. The number of benzene rings is 2. The van der Waals surface area contributed by atoms with Crippen molar-refractivity contribution in [2.24, 2.45) is 5.92 Å². The Morgan fingerprint density at radius 3 is 2.61 bits per heavy atom. The Hall–Kier alpha value is -2.20. The van der Waals surface area contributed by atoms with Crippen molar-refractivity contribution in [3.8, 4) is 0 Å². The van der Waals surface area contributed by atoms with E-state index in [2.05, 4.69) is 5.32 Å². The van der Waals surface area contributed by atoms with E-state index in [1.54, 1.807) is 6.07 Å². The predicted octanol–water partition coefficient (Wildman–Crippen LogP) is 2.78. The highest BCUT2D eigenvalue weighted by Crippen LogP contribution is 2.47. The van der Waals surface area contributed by atoms with Crippen LogP contribution in [0.2, 0.25) is 0 Å². The lowest BCUT2D eigenvalue weighted by molar-refractivity contribution is -0.122. The van der Waals surface area contributed by atoms with Gasteiger partial charge < -0.3 is 10.4 Å². The summed E-state index contributed by atoms with van der Waals surface area (Å²) >= 11 is 0. The van der Waals surface area contributed by atoms with Crippen LogP contribution < -0.4 is 5.32 Å². The van der Waals surface area contributed by atoms with E-state index in [4.69, 9.17) is 5.11 Å². The van der Waals surface area contributed by atoms with E-state index in [-0.39, 0.29) is 30.2 Å². The van der Waals surface area contributed by atoms with Crippen molar-refractivity contribution < 1.29 is 14.3 Å². The molecule has 2 N–H and O–H groups in total. The molecule has 2 aromatic rings. The number of carbonyl (C=O) groups excluding carboxylic acids is 1. The molecule has 0 radical (unpaired) electrons. The number of carbonyl (C=O) groups is 1. The van der Waals surface area contributed by atoms with Gasteiger partial charge in [0.2, 0.25) is 5.91 Å². The Labute approximate surface area is 135 Å². The molecule has 1 saturated carbocycles. The molecule has 0 spiro atoms. The zero-order chi connectivity index (χ0) is 16.2. The first-order valence-electron chi connectivity index (χ1n) is 7.89. The summed E-state index contributed by atoms with van der Waals surface area (Å²) < 4.78 is 13.2. The van der Waals surface area contributed by atoms with Gasteiger partial charge in [0.1, 0.15) is 5.82 Å². The fourth-order valence-corrected chi connectivity index (χ4v) is 2.86. The van der Waals surface area contributed by atoms with Gasteiger partial charge in [0.25, 0.3) is 0 Å². The Morgan fingerprint density at radius 1 is 1.17 bits per heavy atom. The number of nitrogens with one attached hydrogen (secondary N) is 1. The summed E-state index contributed by atoms with van der Waals surface area (Å²) in [5, 5.41) is 12.0. The van der Waals surface area contributed by atoms with E-state index in [1.807, 2.05) is 30.3 Å². The summed E-state index contributed by atoms with van der Waals surface area (Å²) in [4.78, 5) is 12.1. The molecule has 0 heterocycles. The fraction of sp³-hybridized carbons (Fsp3) is 0.316. The topological polar surface area (TPSA) is 49.3 Å². The van der Waals surface area contributed by atoms with Gasteiger partial charge in [-0.2, -0.15) is 0 Å². The molecule has 0 aromatic heterocycles. The molecule has 2 unspecified atom stereocenters. The highest BCUT2D eigenvalue weighted by atomic mass is 19.1. The molecule has 1 aliphatic carbocycles. The first kappa shape index (κ1) is 15.7. The Balaban J connectivity index is 1.45. The normalized spacial score (nSPS) is 19.4. The van der Waals surface area contributed by atoms with Gasteiger partial charge in [-0.05, 0) is 47.6 Å². The maximum absolute atomic E-state index is 13.2. The van der Waals surface area contributed by atoms with Crippen LogP contribution in [0.4, 0.5) is 4.39 Å². The van der Waals surface area contributed by atoms with Crippen LogP contribution in [0.3, 0.4) is 0 Å². The van der Waals surface area contributed by atoms with Crippen molar-refractivity contribution in [1.29, 1.82) is 0 Å². The number of hydrogen-bond acceptors (Lipinski definition) is 2. The predicted molar refractivity (Wildman–Crippen MR) is 86.3 cm³/mol. The van der Waals surface area contributed by atoms with Gasteiger partial charge in [0.15, 0.2) is 0 Å². The number of amides is 1. The quantitative estimate of drug-likeness (QED) is 0.861. The molecule has 2 atom stereocenters. The Bertz CT molecular complexity index is 684. The average Bonchev–Trinajstić information content (AvgIpc) is 3.36. The van der Waals surface area contributed by atoms with Crippen molar-refractivity contribution >= 4 is 5.91 Å². The molecular formula is C19H20FNO2. The summed E-state index contributed by atoms with van der Waals surface area (Å²) in [5.74, 6) is -0.0887. The minimum Gasteiger partial charge on any atom is -0.392 e. The third kappa shape index (κ3) is 3.96. The monoisotopic (exact) mass is 313 g/mol. The van der Waals surface area contributed by atoms with E-state index in [9.17, 15) is 9.18 Å². The average molecular weight is 313 g/mol. The SMILES string of the molecule is O=C(NCCc1ccc(CO)cc1)C1CC1c1cccc(F)c1. The van der Waals surface area contributed by atoms with Crippen LogP contribution in [-0.2, 0) is 17.8 Å². The fourth-order valence-electron chi connectivity index (χ4n) is 2.86. The first-order valence-corrected chi connectivity index (χ1v) is 7.89. The molecule has 4 heteroatoms. The molecule has 0 saturated heterocycles. The van der Waals surface area contributed by atoms with Gasteiger partial charge in [-0.25, -0.2) is 4.39 Å². The molecule has 1 amide bonds. The third-order valence-electron chi connectivity index (χ3n) is 4.32. The summed E-state index contributed by atoms with van der Waals surface area (Å²) in [7, 11) is 0. The standard InChI is InChI=1S/C19H20FNO2/c20-16-3-1-2-15(10-16)17-11-18(17)19(23)21-9-8-13-4-6-14(12-22)7-5-13/h1-7,10,17-18,22H,8-9,11-12H2,(H,21,23). The molecule has 3 nitrogen and oxygen atoms in total. The lowest BCUT2D eigenvalue weighted by Gasteiger charge is -2.06. The molecule has 2 aromatic carbocycles. The highest BCUT2D eigenvalue weighted by Gasteiger charge is 2.43. The minimum atomic E-state index is -0.250. The number of aliphatic hydroxyl groups is 1. The van der Waals surface area contributed by atoms with Crippen LogP contribution >= 0.6 is 0 Å². The van der Waals surface area contributed by atoms with Gasteiger partial charge in [-0.1, -0.05) is 36.4 Å². The Kier molecular flexibility index (Phi) is 4.72. The second-order valence-electron chi connectivity index (χ2n) is 6.02. The van der Waals surface area contributed by atoms with Crippen molar-refractivity contribution in [3.63, 3.8) is 0 Å².